The van der Waals surface area contributed by atoms with Crippen LogP contribution in [0.3, 0.4) is 0 Å². The number of pyridine rings is 1. The number of hydrogen-bond acceptors (Lipinski definition) is 2. The number of halogens is 1. The van der Waals surface area contributed by atoms with E-state index >= 15 is 0 Å². The third-order valence-electron chi connectivity index (χ3n) is 3.04. The summed E-state index contributed by atoms with van der Waals surface area (Å²) in [6, 6.07) is 12.0. The van der Waals surface area contributed by atoms with Gasteiger partial charge in [0.05, 0.1) is 6.20 Å². The number of nitrogens with zero attached hydrogens (tertiary/aromatic N) is 1. The van der Waals surface area contributed by atoms with Crippen LogP contribution in [0, 0.1) is 5.82 Å². The van der Waals surface area contributed by atoms with Crippen LogP contribution in [0.1, 0.15) is 23.6 Å². The van der Waals surface area contributed by atoms with Crippen LogP contribution in [0.15, 0.2) is 48.8 Å². The van der Waals surface area contributed by atoms with E-state index in [0.29, 0.717) is 0 Å². The average Bonchev–Trinajstić information content (AvgIpc) is 2.41. The molecule has 18 heavy (non-hydrogen) atoms. The zero-order valence-electron chi connectivity index (χ0n) is 10.4. The molecule has 1 unspecified atom stereocenters. The SMILES string of the molecule is CNC(CCc1ccccc1)c1cncc(F)c1. The molecule has 0 radical (unpaired) electrons. The maximum atomic E-state index is 13.1. The molecule has 2 rings (SSSR count). The molecule has 0 saturated carbocycles. The summed E-state index contributed by atoms with van der Waals surface area (Å²) in [6.45, 7) is 0. The van der Waals surface area contributed by atoms with E-state index in [4.69, 9.17) is 0 Å². The highest BCUT2D eigenvalue weighted by molar-refractivity contribution is 5.18. The van der Waals surface area contributed by atoms with Gasteiger partial charge in [0.1, 0.15) is 5.82 Å². The molecule has 0 saturated heterocycles. The Morgan fingerprint density at radius 3 is 2.67 bits per heavy atom. The molecule has 1 heterocycles. The van der Waals surface area contributed by atoms with Crippen molar-refractivity contribution in [3.05, 3.63) is 65.7 Å². The maximum absolute atomic E-state index is 13.1. The van der Waals surface area contributed by atoms with Crippen molar-refractivity contribution in [3.8, 4) is 0 Å². The predicted molar refractivity (Wildman–Crippen MR) is 70.8 cm³/mol. The highest BCUT2D eigenvalue weighted by Gasteiger charge is 2.10. The van der Waals surface area contributed by atoms with E-state index in [1.165, 1.54) is 11.8 Å². The monoisotopic (exact) mass is 244 g/mol. The summed E-state index contributed by atoms with van der Waals surface area (Å²) in [5.41, 5.74) is 2.19. The number of hydrogen-bond donors (Lipinski definition) is 1. The quantitative estimate of drug-likeness (QED) is 0.874. The summed E-state index contributed by atoms with van der Waals surface area (Å²) in [5.74, 6) is -0.285. The third-order valence-corrected chi connectivity index (χ3v) is 3.04. The summed E-state index contributed by atoms with van der Waals surface area (Å²) in [6.07, 6.45) is 4.83. The van der Waals surface area contributed by atoms with Crippen molar-refractivity contribution in [1.82, 2.24) is 10.3 Å². The van der Waals surface area contributed by atoms with Crippen molar-refractivity contribution in [2.75, 3.05) is 7.05 Å². The van der Waals surface area contributed by atoms with Gasteiger partial charge in [-0.3, -0.25) is 4.98 Å². The van der Waals surface area contributed by atoms with Gasteiger partial charge in [-0.1, -0.05) is 30.3 Å². The molecule has 1 atom stereocenters. The van der Waals surface area contributed by atoms with E-state index in [0.717, 1.165) is 18.4 Å². The molecule has 0 spiro atoms. The first kappa shape index (κ1) is 12.7. The van der Waals surface area contributed by atoms with Crippen LogP contribution >= 0.6 is 0 Å². The van der Waals surface area contributed by atoms with Crippen LogP contribution in [-0.4, -0.2) is 12.0 Å². The number of benzene rings is 1. The summed E-state index contributed by atoms with van der Waals surface area (Å²) in [7, 11) is 1.89. The van der Waals surface area contributed by atoms with Gasteiger partial charge in [-0.15, -0.1) is 0 Å². The van der Waals surface area contributed by atoms with Crippen LogP contribution in [-0.2, 0) is 6.42 Å². The fourth-order valence-corrected chi connectivity index (χ4v) is 2.05. The first-order chi connectivity index (χ1) is 8.79. The molecule has 1 aromatic carbocycles. The molecular formula is C15H17FN2. The largest absolute Gasteiger partial charge is 0.313 e. The first-order valence-electron chi connectivity index (χ1n) is 6.11. The Labute approximate surface area is 107 Å². The number of aryl methyl sites for hydroxylation is 1. The maximum Gasteiger partial charge on any atom is 0.141 e. The van der Waals surface area contributed by atoms with Crippen molar-refractivity contribution < 1.29 is 4.39 Å². The fraction of sp³-hybridized carbons (Fsp3) is 0.267. The zero-order valence-corrected chi connectivity index (χ0v) is 10.4. The fourth-order valence-electron chi connectivity index (χ4n) is 2.05. The van der Waals surface area contributed by atoms with Crippen LogP contribution in [0.4, 0.5) is 4.39 Å². The smallest absolute Gasteiger partial charge is 0.141 e. The molecule has 3 heteroatoms. The second kappa shape index (κ2) is 6.26. The lowest BCUT2D eigenvalue weighted by molar-refractivity contribution is 0.538. The Kier molecular flexibility index (Phi) is 4.42. The minimum absolute atomic E-state index is 0.133. The van der Waals surface area contributed by atoms with Crippen molar-refractivity contribution in [3.63, 3.8) is 0 Å². The van der Waals surface area contributed by atoms with Crippen LogP contribution in [0.5, 0.6) is 0 Å². The second-order valence-electron chi connectivity index (χ2n) is 4.30. The Bertz CT molecular complexity index is 485. The van der Waals surface area contributed by atoms with Crippen molar-refractivity contribution in [1.29, 1.82) is 0 Å². The summed E-state index contributed by atoms with van der Waals surface area (Å²) < 4.78 is 13.1. The second-order valence-corrected chi connectivity index (χ2v) is 4.30. The summed E-state index contributed by atoms with van der Waals surface area (Å²) in [4.78, 5) is 3.89. The van der Waals surface area contributed by atoms with E-state index in [1.54, 1.807) is 12.3 Å². The Hall–Kier alpha value is -1.74. The Morgan fingerprint density at radius 2 is 2.00 bits per heavy atom. The van der Waals surface area contributed by atoms with E-state index in [9.17, 15) is 4.39 Å². The highest BCUT2D eigenvalue weighted by Crippen LogP contribution is 2.18. The van der Waals surface area contributed by atoms with E-state index in [1.807, 2.05) is 25.2 Å². The molecular weight excluding hydrogens is 227 g/mol. The number of rotatable bonds is 5. The van der Waals surface area contributed by atoms with E-state index in [2.05, 4.69) is 22.4 Å². The van der Waals surface area contributed by atoms with Crippen LogP contribution in [0.2, 0.25) is 0 Å². The first-order valence-corrected chi connectivity index (χ1v) is 6.11. The lowest BCUT2D eigenvalue weighted by Gasteiger charge is -2.16. The number of aromatic nitrogens is 1. The highest BCUT2D eigenvalue weighted by atomic mass is 19.1. The molecule has 1 N–H and O–H groups in total. The molecule has 0 aliphatic rings. The lowest BCUT2D eigenvalue weighted by Crippen LogP contribution is -2.17. The summed E-state index contributed by atoms with van der Waals surface area (Å²) >= 11 is 0. The van der Waals surface area contributed by atoms with Gasteiger partial charge < -0.3 is 5.32 Å². The van der Waals surface area contributed by atoms with Crippen molar-refractivity contribution in [2.24, 2.45) is 0 Å². The minimum Gasteiger partial charge on any atom is -0.313 e. The van der Waals surface area contributed by atoms with Gasteiger partial charge in [-0.05, 0) is 37.1 Å². The minimum atomic E-state index is -0.285. The van der Waals surface area contributed by atoms with Gasteiger partial charge in [-0.2, -0.15) is 0 Å². The molecule has 1 aromatic heterocycles. The topological polar surface area (TPSA) is 24.9 Å². The third kappa shape index (κ3) is 3.37. The summed E-state index contributed by atoms with van der Waals surface area (Å²) in [5, 5.41) is 3.21. The predicted octanol–water partition coefficient (Wildman–Crippen LogP) is 3.11. The molecule has 0 aliphatic heterocycles. The van der Waals surface area contributed by atoms with Crippen molar-refractivity contribution in [2.45, 2.75) is 18.9 Å². The normalized spacial score (nSPS) is 12.3. The average molecular weight is 244 g/mol. The van der Waals surface area contributed by atoms with Crippen molar-refractivity contribution >= 4 is 0 Å². The van der Waals surface area contributed by atoms with Gasteiger partial charge in [0.2, 0.25) is 0 Å². The molecule has 2 aromatic rings. The molecule has 0 amide bonds. The Balaban J connectivity index is 2.02. The molecule has 0 fully saturated rings. The van der Waals surface area contributed by atoms with Gasteiger partial charge in [-0.25, -0.2) is 4.39 Å². The van der Waals surface area contributed by atoms with Gasteiger partial charge in [0, 0.05) is 12.2 Å². The lowest BCUT2D eigenvalue weighted by atomic mass is 10.0. The Morgan fingerprint density at radius 1 is 1.22 bits per heavy atom. The van der Waals surface area contributed by atoms with E-state index < -0.39 is 0 Å². The molecule has 2 nitrogen and oxygen atoms in total. The van der Waals surface area contributed by atoms with Gasteiger partial charge >= 0.3 is 0 Å². The zero-order chi connectivity index (χ0) is 12.8. The van der Waals surface area contributed by atoms with Crippen LogP contribution in [0.25, 0.3) is 0 Å². The molecule has 0 bridgehead atoms. The van der Waals surface area contributed by atoms with Gasteiger partial charge in [0.25, 0.3) is 0 Å². The van der Waals surface area contributed by atoms with Crippen LogP contribution < -0.4 is 5.32 Å². The van der Waals surface area contributed by atoms with E-state index in [-0.39, 0.29) is 11.9 Å². The molecule has 94 valence electrons. The molecule has 0 aliphatic carbocycles. The van der Waals surface area contributed by atoms with Gasteiger partial charge in [0.15, 0.2) is 0 Å². The number of nitrogens with one attached hydrogen (secondary N) is 1. The standard InChI is InChI=1S/C15H17FN2/c1-17-15(13-9-14(16)11-18-10-13)8-7-12-5-3-2-4-6-12/h2-6,9-11,15,17H,7-8H2,1H3.